The van der Waals surface area contributed by atoms with Crippen LogP contribution in [0.25, 0.3) is 0 Å². The molecule has 0 bridgehead atoms. The molecule has 1 fully saturated rings. The lowest BCUT2D eigenvalue weighted by Gasteiger charge is -2.28. The summed E-state index contributed by atoms with van der Waals surface area (Å²) in [4.78, 5) is 14.2. The zero-order chi connectivity index (χ0) is 14.4. The number of amides is 1. The minimum atomic E-state index is 0.0310. The summed E-state index contributed by atoms with van der Waals surface area (Å²) in [7, 11) is 2.16. The van der Waals surface area contributed by atoms with Crippen LogP contribution >= 0.6 is 0 Å². The number of hydrogen-bond donors (Lipinski definition) is 2. The lowest BCUT2D eigenvalue weighted by molar-refractivity contribution is -0.120. The van der Waals surface area contributed by atoms with Crippen LogP contribution in [-0.2, 0) is 11.2 Å². The Labute approximate surface area is 120 Å². The van der Waals surface area contributed by atoms with Crippen LogP contribution in [-0.4, -0.2) is 42.6 Å². The monoisotopic (exact) mass is 276 g/mol. The largest absolute Gasteiger partial charge is 0.508 e. The number of phenolic OH excluding ortho intramolecular Hbond substituents is 1. The van der Waals surface area contributed by atoms with Gasteiger partial charge in [-0.25, -0.2) is 0 Å². The third kappa shape index (κ3) is 4.85. The van der Waals surface area contributed by atoms with Crippen molar-refractivity contribution in [1.29, 1.82) is 0 Å². The zero-order valence-corrected chi connectivity index (χ0v) is 12.1. The normalized spacial score (nSPS) is 17.1. The van der Waals surface area contributed by atoms with Crippen LogP contribution in [0.1, 0.15) is 24.8 Å². The molecule has 2 rings (SSSR count). The van der Waals surface area contributed by atoms with Gasteiger partial charge in [-0.05, 0) is 63.0 Å². The highest BCUT2D eigenvalue weighted by Gasteiger charge is 2.16. The Kier molecular flexibility index (Phi) is 5.41. The summed E-state index contributed by atoms with van der Waals surface area (Å²) in [6, 6.07) is 6.87. The molecular weight excluding hydrogens is 252 g/mol. The molecule has 0 radical (unpaired) electrons. The maximum Gasteiger partial charge on any atom is 0.224 e. The number of piperidine rings is 1. The number of hydrogen-bond acceptors (Lipinski definition) is 3. The number of aromatic hydroxyl groups is 1. The number of likely N-dealkylation sites (tertiary alicyclic amines) is 1. The molecule has 4 nitrogen and oxygen atoms in total. The first kappa shape index (κ1) is 14.9. The first-order valence-corrected chi connectivity index (χ1v) is 7.36. The number of carbonyl (C=O) groups excluding carboxylic acids is 1. The Balaban J connectivity index is 1.65. The Morgan fingerprint density at radius 3 is 2.85 bits per heavy atom. The van der Waals surface area contributed by atoms with Crippen molar-refractivity contribution in [2.45, 2.75) is 25.7 Å². The van der Waals surface area contributed by atoms with Crippen molar-refractivity contribution < 1.29 is 9.90 Å². The molecule has 0 atom stereocenters. The van der Waals surface area contributed by atoms with Crippen molar-refractivity contribution in [3.63, 3.8) is 0 Å². The highest BCUT2D eigenvalue weighted by Crippen LogP contribution is 2.18. The van der Waals surface area contributed by atoms with E-state index in [-0.39, 0.29) is 11.7 Å². The van der Waals surface area contributed by atoms with Gasteiger partial charge >= 0.3 is 0 Å². The molecule has 2 N–H and O–H groups in total. The van der Waals surface area contributed by atoms with Gasteiger partial charge < -0.3 is 15.3 Å². The predicted molar refractivity (Wildman–Crippen MR) is 79.7 cm³/mol. The molecule has 20 heavy (non-hydrogen) atoms. The molecule has 1 aromatic carbocycles. The van der Waals surface area contributed by atoms with E-state index in [0.717, 1.165) is 24.4 Å². The van der Waals surface area contributed by atoms with Gasteiger partial charge in [0.25, 0.3) is 0 Å². The molecule has 0 unspecified atom stereocenters. The number of nitrogens with zero attached hydrogens (tertiary/aromatic N) is 1. The second-order valence-corrected chi connectivity index (χ2v) is 5.73. The Morgan fingerprint density at radius 1 is 1.40 bits per heavy atom. The average Bonchev–Trinajstić information content (AvgIpc) is 2.41. The van der Waals surface area contributed by atoms with Crippen LogP contribution in [0.2, 0.25) is 0 Å². The fourth-order valence-corrected chi connectivity index (χ4v) is 2.68. The van der Waals surface area contributed by atoms with Gasteiger partial charge in [0, 0.05) is 6.54 Å². The number of nitrogens with one attached hydrogen (secondary N) is 1. The smallest absolute Gasteiger partial charge is 0.224 e. The number of phenols is 1. The van der Waals surface area contributed by atoms with E-state index in [2.05, 4.69) is 17.3 Å². The van der Waals surface area contributed by atoms with E-state index in [1.54, 1.807) is 18.2 Å². The summed E-state index contributed by atoms with van der Waals surface area (Å²) in [5.74, 6) is 0.984. The molecule has 1 aliphatic rings. The Morgan fingerprint density at radius 2 is 2.15 bits per heavy atom. The van der Waals surface area contributed by atoms with Crippen molar-refractivity contribution in [2.24, 2.45) is 5.92 Å². The molecule has 110 valence electrons. The molecular formula is C16H24N2O2. The molecule has 0 aromatic heterocycles. The lowest BCUT2D eigenvalue weighted by atomic mass is 9.94. The summed E-state index contributed by atoms with van der Waals surface area (Å²) in [6.07, 6.45) is 3.87. The molecule has 1 aliphatic heterocycles. The highest BCUT2D eigenvalue weighted by molar-refractivity contribution is 5.78. The van der Waals surface area contributed by atoms with E-state index in [1.165, 1.54) is 25.9 Å². The Hall–Kier alpha value is -1.55. The predicted octanol–water partition coefficient (Wildman–Crippen LogP) is 1.78. The van der Waals surface area contributed by atoms with Crippen LogP contribution in [0.5, 0.6) is 5.75 Å². The molecule has 1 aromatic rings. The van der Waals surface area contributed by atoms with Gasteiger partial charge in [0.2, 0.25) is 5.91 Å². The van der Waals surface area contributed by atoms with Crippen LogP contribution < -0.4 is 5.32 Å². The molecule has 4 heteroatoms. The van der Waals surface area contributed by atoms with Crippen LogP contribution in [0.4, 0.5) is 0 Å². The third-order valence-electron chi connectivity index (χ3n) is 3.99. The fourth-order valence-electron chi connectivity index (χ4n) is 2.68. The van der Waals surface area contributed by atoms with Gasteiger partial charge in [-0.2, -0.15) is 0 Å². The van der Waals surface area contributed by atoms with E-state index < -0.39 is 0 Å². The van der Waals surface area contributed by atoms with Crippen molar-refractivity contribution in [3.8, 4) is 5.75 Å². The summed E-state index contributed by atoms with van der Waals surface area (Å²) in [5, 5.41) is 12.3. The molecule has 0 saturated carbocycles. The van der Waals surface area contributed by atoms with Gasteiger partial charge in [0.1, 0.15) is 5.75 Å². The maximum absolute atomic E-state index is 11.8. The van der Waals surface area contributed by atoms with Gasteiger partial charge in [0.15, 0.2) is 0 Å². The maximum atomic E-state index is 11.8. The molecule has 1 saturated heterocycles. The summed E-state index contributed by atoms with van der Waals surface area (Å²) < 4.78 is 0. The summed E-state index contributed by atoms with van der Waals surface area (Å²) >= 11 is 0. The standard InChI is InChI=1S/C16H24N2O2/c1-18-9-6-13(7-10-18)5-8-17-16(20)12-14-3-2-4-15(19)11-14/h2-4,11,13,19H,5-10,12H2,1H3,(H,17,20). The van der Waals surface area contributed by atoms with Gasteiger partial charge in [-0.3, -0.25) is 4.79 Å². The van der Waals surface area contributed by atoms with Gasteiger partial charge in [0.05, 0.1) is 6.42 Å². The van der Waals surface area contributed by atoms with Crippen molar-refractivity contribution >= 4 is 5.91 Å². The number of rotatable bonds is 5. The first-order valence-electron chi connectivity index (χ1n) is 7.36. The van der Waals surface area contributed by atoms with Crippen LogP contribution in [0.3, 0.4) is 0 Å². The van der Waals surface area contributed by atoms with E-state index in [9.17, 15) is 9.90 Å². The van der Waals surface area contributed by atoms with Gasteiger partial charge in [-0.15, -0.1) is 0 Å². The van der Waals surface area contributed by atoms with Crippen molar-refractivity contribution in [2.75, 3.05) is 26.7 Å². The van der Waals surface area contributed by atoms with E-state index in [1.807, 2.05) is 6.07 Å². The number of benzene rings is 1. The van der Waals surface area contributed by atoms with E-state index in [4.69, 9.17) is 0 Å². The fraction of sp³-hybridized carbons (Fsp3) is 0.562. The van der Waals surface area contributed by atoms with Crippen LogP contribution in [0, 0.1) is 5.92 Å². The SMILES string of the molecule is CN1CCC(CCNC(=O)Cc2cccc(O)c2)CC1. The highest BCUT2D eigenvalue weighted by atomic mass is 16.3. The van der Waals surface area contributed by atoms with Crippen LogP contribution in [0.15, 0.2) is 24.3 Å². The summed E-state index contributed by atoms with van der Waals surface area (Å²) in [5.41, 5.74) is 0.849. The summed E-state index contributed by atoms with van der Waals surface area (Å²) in [6.45, 7) is 3.09. The number of carbonyl (C=O) groups is 1. The molecule has 0 spiro atoms. The minimum Gasteiger partial charge on any atom is -0.508 e. The second-order valence-electron chi connectivity index (χ2n) is 5.73. The molecule has 0 aliphatic carbocycles. The lowest BCUT2D eigenvalue weighted by Crippen LogP contribution is -2.33. The van der Waals surface area contributed by atoms with Crippen molar-refractivity contribution in [1.82, 2.24) is 10.2 Å². The average molecular weight is 276 g/mol. The second kappa shape index (κ2) is 7.29. The van der Waals surface area contributed by atoms with Gasteiger partial charge in [-0.1, -0.05) is 12.1 Å². The van der Waals surface area contributed by atoms with Crippen molar-refractivity contribution in [3.05, 3.63) is 29.8 Å². The zero-order valence-electron chi connectivity index (χ0n) is 12.1. The van der Waals surface area contributed by atoms with E-state index >= 15 is 0 Å². The molecule has 1 amide bonds. The topological polar surface area (TPSA) is 52.6 Å². The third-order valence-corrected chi connectivity index (χ3v) is 3.99. The molecule has 1 heterocycles. The quantitative estimate of drug-likeness (QED) is 0.862. The minimum absolute atomic E-state index is 0.0310. The first-order chi connectivity index (χ1) is 9.63. The Bertz CT molecular complexity index is 440. The van der Waals surface area contributed by atoms with E-state index in [0.29, 0.717) is 6.42 Å².